The molecule has 0 saturated carbocycles. The van der Waals surface area contributed by atoms with Crippen molar-refractivity contribution in [2.45, 2.75) is 25.4 Å². The minimum Gasteiger partial charge on any atom is -0.329 e. The second-order valence-electron chi connectivity index (χ2n) is 5.57. The van der Waals surface area contributed by atoms with Crippen LogP contribution in [0.2, 0.25) is 0 Å². The van der Waals surface area contributed by atoms with Gasteiger partial charge in [0.25, 0.3) is 0 Å². The van der Waals surface area contributed by atoms with Crippen molar-refractivity contribution in [3.05, 3.63) is 34.3 Å². The molecular formula is C15H24BrN3. The molecule has 1 saturated heterocycles. The summed E-state index contributed by atoms with van der Waals surface area (Å²) in [5, 5.41) is 0. The molecule has 2 rings (SSSR count). The number of halogens is 1. The molecule has 106 valence electrons. The fourth-order valence-electron chi connectivity index (χ4n) is 2.89. The molecule has 1 aromatic rings. The van der Waals surface area contributed by atoms with E-state index in [4.69, 9.17) is 5.73 Å². The molecule has 0 spiro atoms. The van der Waals surface area contributed by atoms with Crippen molar-refractivity contribution in [2.24, 2.45) is 5.73 Å². The molecule has 1 aliphatic heterocycles. The van der Waals surface area contributed by atoms with Crippen LogP contribution in [0.15, 0.2) is 28.7 Å². The largest absolute Gasteiger partial charge is 0.329 e. The molecule has 1 aromatic carbocycles. The third-order valence-electron chi connectivity index (χ3n) is 4.01. The number of nitrogens with zero attached hydrogens (tertiary/aromatic N) is 2. The van der Waals surface area contributed by atoms with Crippen LogP contribution in [0, 0.1) is 0 Å². The molecule has 2 unspecified atom stereocenters. The fourth-order valence-corrected chi connectivity index (χ4v) is 3.16. The Kier molecular flexibility index (Phi) is 5.39. The molecule has 0 aliphatic carbocycles. The van der Waals surface area contributed by atoms with E-state index in [0.717, 1.165) is 37.1 Å². The van der Waals surface area contributed by atoms with E-state index in [0.29, 0.717) is 12.1 Å². The van der Waals surface area contributed by atoms with Gasteiger partial charge in [-0.25, -0.2) is 0 Å². The van der Waals surface area contributed by atoms with Crippen LogP contribution in [-0.2, 0) is 6.42 Å². The number of hydrogen-bond donors (Lipinski definition) is 1. The predicted molar refractivity (Wildman–Crippen MR) is 84.4 cm³/mol. The third-order valence-corrected chi connectivity index (χ3v) is 4.54. The Hall–Kier alpha value is -0.420. The second-order valence-corrected chi connectivity index (χ2v) is 6.48. The summed E-state index contributed by atoms with van der Waals surface area (Å²) in [6.07, 6.45) is 1.09. The number of benzene rings is 1. The molecule has 3 nitrogen and oxygen atoms in total. The SMILES string of the molecule is CC(Cc1ccc(Br)cc1)N1CCN(C)CC1CN. The number of nitrogens with two attached hydrogens (primary N) is 1. The van der Waals surface area contributed by atoms with E-state index in [1.807, 2.05) is 0 Å². The van der Waals surface area contributed by atoms with Gasteiger partial charge in [-0.3, -0.25) is 4.90 Å². The first-order valence-corrected chi connectivity index (χ1v) is 7.78. The Morgan fingerprint density at radius 1 is 1.32 bits per heavy atom. The summed E-state index contributed by atoms with van der Waals surface area (Å²) in [6.45, 7) is 6.41. The minimum absolute atomic E-state index is 0.490. The summed E-state index contributed by atoms with van der Waals surface area (Å²) in [6, 6.07) is 9.67. The van der Waals surface area contributed by atoms with Gasteiger partial charge in [-0.2, -0.15) is 0 Å². The molecule has 1 fully saturated rings. The van der Waals surface area contributed by atoms with Crippen molar-refractivity contribution >= 4 is 15.9 Å². The molecule has 0 bridgehead atoms. The summed E-state index contributed by atoms with van der Waals surface area (Å²) in [5.41, 5.74) is 7.33. The van der Waals surface area contributed by atoms with Crippen LogP contribution in [0.5, 0.6) is 0 Å². The number of piperazine rings is 1. The predicted octanol–water partition coefficient (Wildman–Crippen LogP) is 1.95. The van der Waals surface area contributed by atoms with Crippen molar-refractivity contribution in [2.75, 3.05) is 33.2 Å². The number of rotatable bonds is 4. The Labute approximate surface area is 124 Å². The first-order chi connectivity index (χ1) is 9.10. The maximum atomic E-state index is 5.93. The Balaban J connectivity index is 1.98. The van der Waals surface area contributed by atoms with E-state index in [1.165, 1.54) is 5.56 Å². The van der Waals surface area contributed by atoms with E-state index >= 15 is 0 Å². The molecule has 1 heterocycles. The smallest absolute Gasteiger partial charge is 0.0349 e. The van der Waals surface area contributed by atoms with Gasteiger partial charge >= 0.3 is 0 Å². The standard InChI is InChI=1S/C15H24BrN3/c1-12(9-13-3-5-14(16)6-4-13)19-8-7-18(2)11-15(19)10-17/h3-6,12,15H,7-11,17H2,1-2H3. The Bertz CT molecular complexity index is 393. The zero-order valence-electron chi connectivity index (χ0n) is 11.8. The molecule has 2 atom stereocenters. The topological polar surface area (TPSA) is 32.5 Å². The lowest BCUT2D eigenvalue weighted by molar-refractivity contribution is 0.0625. The normalized spacial score (nSPS) is 23.5. The Morgan fingerprint density at radius 2 is 2.00 bits per heavy atom. The third kappa shape index (κ3) is 4.02. The molecule has 4 heteroatoms. The van der Waals surface area contributed by atoms with Crippen molar-refractivity contribution in [3.63, 3.8) is 0 Å². The van der Waals surface area contributed by atoms with Crippen molar-refractivity contribution in [3.8, 4) is 0 Å². The zero-order chi connectivity index (χ0) is 13.8. The first-order valence-electron chi connectivity index (χ1n) is 6.99. The van der Waals surface area contributed by atoms with Crippen LogP contribution in [0.4, 0.5) is 0 Å². The summed E-state index contributed by atoms with van der Waals surface area (Å²) in [7, 11) is 2.18. The zero-order valence-corrected chi connectivity index (χ0v) is 13.4. The average molecular weight is 326 g/mol. The maximum absolute atomic E-state index is 5.93. The van der Waals surface area contributed by atoms with E-state index < -0.39 is 0 Å². The quantitative estimate of drug-likeness (QED) is 0.918. The van der Waals surface area contributed by atoms with Crippen molar-refractivity contribution in [1.82, 2.24) is 9.80 Å². The van der Waals surface area contributed by atoms with Crippen molar-refractivity contribution in [1.29, 1.82) is 0 Å². The molecule has 0 aromatic heterocycles. The van der Waals surface area contributed by atoms with E-state index in [2.05, 4.69) is 64.0 Å². The van der Waals surface area contributed by atoms with Gasteiger partial charge in [0.1, 0.15) is 0 Å². The monoisotopic (exact) mass is 325 g/mol. The molecule has 2 N–H and O–H groups in total. The molecule has 19 heavy (non-hydrogen) atoms. The van der Waals surface area contributed by atoms with Gasteiger partial charge in [-0.1, -0.05) is 28.1 Å². The molecule has 0 radical (unpaired) electrons. The summed E-state index contributed by atoms with van der Waals surface area (Å²) < 4.78 is 1.14. The number of hydrogen-bond acceptors (Lipinski definition) is 3. The van der Waals surface area contributed by atoms with E-state index in [9.17, 15) is 0 Å². The highest BCUT2D eigenvalue weighted by atomic mass is 79.9. The highest BCUT2D eigenvalue weighted by Gasteiger charge is 2.27. The van der Waals surface area contributed by atoms with Gasteiger partial charge < -0.3 is 10.6 Å². The van der Waals surface area contributed by atoms with Gasteiger partial charge in [0, 0.05) is 42.7 Å². The fraction of sp³-hybridized carbons (Fsp3) is 0.600. The van der Waals surface area contributed by atoms with Crippen LogP contribution < -0.4 is 5.73 Å². The molecular weight excluding hydrogens is 302 g/mol. The average Bonchev–Trinajstić information content (AvgIpc) is 2.41. The molecule has 0 amide bonds. The molecule has 1 aliphatic rings. The lowest BCUT2D eigenvalue weighted by Crippen LogP contribution is -2.57. The highest BCUT2D eigenvalue weighted by molar-refractivity contribution is 9.10. The summed E-state index contributed by atoms with van der Waals surface area (Å²) in [5.74, 6) is 0. The lowest BCUT2D eigenvalue weighted by atomic mass is 10.0. The summed E-state index contributed by atoms with van der Waals surface area (Å²) >= 11 is 3.48. The van der Waals surface area contributed by atoms with Crippen LogP contribution in [0.3, 0.4) is 0 Å². The van der Waals surface area contributed by atoms with E-state index in [-0.39, 0.29) is 0 Å². The van der Waals surface area contributed by atoms with E-state index in [1.54, 1.807) is 0 Å². The van der Waals surface area contributed by atoms with Crippen molar-refractivity contribution < 1.29 is 0 Å². The Morgan fingerprint density at radius 3 is 2.63 bits per heavy atom. The lowest BCUT2D eigenvalue weighted by Gasteiger charge is -2.43. The van der Waals surface area contributed by atoms with Crippen LogP contribution in [0.1, 0.15) is 12.5 Å². The van der Waals surface area contributed by atoms with Gasteiger partial charge in [-0.05, 0) is 38.1 Å². The van der Waals surface area contributed by atoms with Gasteiger partial charge in [0.15, 0.2) is 0 Å². The van der Waals surface area contributed by atoms with Crippen LogP contribution >= 0.6 is 15.9 Å². The second kappa shape index (κ2) is 6.84. The minimum atomic E-state index is 0.490. The van der Waals surface area contributed by atoms with Crippen LogP contribution in [0.25, 0.3) is 0 Å². The highest BCUT2D eigenvalue weighted by Crippen LogP contribution is 2.17. The van der Waals surface area contributed by atoms with Crippen LogP contribution in [-0.4, -0.2) is 55.1 Å². The summed E-state index contributed by atoms with van der Waals surface area (Å²) in [4.78, 5) is 4.95. The maximum Gasteiger partial charge on any atom is 0.0349 e. The first kappa shape index (κ1) is 15.0. The van der Waals surface area contributed by atoms with Gasteiger partial charge in [-0.15, -0.1) is 0 Å². The van der Waals surface area contributed by atoms with Gasteiger partial charge in [0.05, 0.1) is 0 Å². The van der Waals surface area contributed by atoms with Gasteiger partial charge in [0.2, 0.25) is 0 Å². The number of likely N-dealkylation sites (N-methyl/N-ethyl adjacent to an activating group) is 1.